The molecule has 7 nitrogen and oxygen atoms in total. The summed E-state index contributed by atoms with van der Waals surface area (Å²) in [6.45, 7) is 10.2. The second kappa shape index (κ2) is 13.4. The fourth-order valence-corrected chi connectivity index (χ4v) is 4.23. The van der Waals surface area contributed by atoms with Crippen LogP contribution >= 0.6 is 0 Å². The molecule has 0 fully saturated rings. The summed E-state index contributed by atoms with van der Waals surface area (Å²) < 4.78 is 5.81. The highest BCUT2D eigenvalue weighted by atomic mass is 16.5. The van der Waals surface area contributed by atoms with Gasteiger partial charge in [-0.15, -0.1) is 0 Å². The van der Waals surface area contributed by atoms with Gasteiger partial charge in [0.2, 0.25) is 5.91 Å². The predicted octanol–water partition coefficient (Wildman–Crippen LogP) is 5.99. The molecule has 0 saturated heterocycles. The first kappa shape index (κ1) is 28.4. The lowest BCUT2D eigenvalue weighted by Crippen LogP contribution is -2.32. The standard InChI is InChI=1S/C31H35N3O4/c1-21(2)20-34(15-16-38-22(3)4)29-14-13-25(26-7-5-6-8-27(26)31(36)37)18-28(29)33-30(35)17-23-9-11-24(19-32)12-10-23/h5-14,18,21-22H,15-17,20H2,1-4H3,(H,33,35)(H,36,37). The molecule has 3 aromatic carbocycles. The predicted molar refractivity (Wildman–Crippen MR) is 150 cm³/mol. The maximum atomic E-state index is 13.1. The molecule has 0 aliphatic heterocycles. The van der Waals surface area contributed by atoms with Crippen molar-refractivity contribution in [2.45, 2.75) is 40.2 Å². The third kappa shape index (κ3) is 7.92. The van der Waals surface area contributed by atoms with Crippen molar-refractivity contribution in [3.63, 3.8) is 0 Å². The Morgan fingerprint density at radius 2 is 1.74 bits per heavy atom. The summed E-state index contributed by atoms with van der Waals surface area (Å²) in [5.41, 5.74) is 4.24. The molecule has 1 amide bonds. The van der Waals surface area contributed by atoms with Crippen LogP contribution in [0.15, 0.2) is 66.7 Å². The number of ether oxygens (including phenoxy) is 1. The third-order valence-corrected chi connectivity index (χ3v) is 5.93. The van der Waals surface area contributed by atoms with E-state index in [1.165, 1.54) is 0 Å². The number of carbonyl (C=O) groups is 2. The molecule has 0 spiro atoms. The van der Waals surface area contributed by atoms with Gasteiger partial charge >= 0.3 is 5.97 Å². The first-order valence-corrected chi connectivity index (χ1v) is 12.8. The lowest BCUT2D eigenvalue weighted by atomic mass is 9.98. The van der Waals surface area contributed by atoms with Crippen LogP contribution in [0, 0.1) is 17.2 Å². The van der Waals surface area contributed by atoms with E-state index < -0.39 is 5.97 Å². The Kier molecular flexibility index (Phi) is 10.0. The monoisotopic (exact) mass is 513 g/mol. The highest BCUT2D eigenvalue weighted by Crippen LogP contribution is 2.34. The number of rotatable bonds is 12. The minimum Gasteiger partial charge on any atom is -0.478 e. The van der Waals surface area contributed by atoms with Crippen LogP contribution in [0.3, 0.4) is 0 Å². The summed E-state index contributed by atoms with van der Waals surface area (Å²) in [5.74, 6) is -0.852. The largest absolute Gasteiger partial charge is 0.478 e. The average Bonchev–Trinajstić information content (AvgIpc) is 2.88. The van der Waals surface area contributed by atoms with Crippen LogP contribution in [0.25, 0.3) is 11.1 Å². The molecule has 198 valence electrons. The molecule has 7 heteroatoms. The van der Waals surface area contributed by atoms with E-state index in [-0.39, 0.29) is 24.0 Å². The van der Waals surface area contributed by atoms with Crippen LogP contribution < -0.4 is 10.2 Å². The van der Waals surface area contributed by atoms with Gasteiger partial charge in [0.15, 0.2) is 0 Å². The van der Waals surface area contributed by atoms with Crippen molar-refractivity contribution < 1.29 is 19.4 Å². The number of nitrogens with one attached hydrogen (secondary N) is 1. The van der Waals surface area contributed by atoms with Crippen LogP contribution in [0.5, 0.6) is 0 Å². The van der Waals surface area contributed by atoms with Gasteiger partial charge in [0.1, 0.15) is 0 Å². The Hall–Kier alpha value is -4.15. The zero-order chi connectivity index (χ0) is 27.7. The molecule has 0 bridgehead atoms. The fraction of sp³-hybridized carbons (Fsp3) is 0.323. The number of hydrogen-bond donors (Lipinski definition) is 2. The molecule has 3 aromatic rings. The van der Waals surface area contributed by atoms with Crippen molar-refractivity contribution in [3.8, 4) is 17.2 Å². The number of carboxylic acid groups (broad SMARTS) is 1. The molecular formula is C31H35N3O4. The van der Waals surface area contributed by atoms with E-state index in [0.29, 0.717) is 41.4 Å². The molecule has 0 aromatic heterocycles. The lowest BCUT2D eigenvalue weighted by molar-refractivity contribution is -0.115. The summed E-state index contributed by atoms with van der Waals surface area (Å²) in [7, 11) is 0. The molecule has 0 heterocycles. The molecule has 38 heavy (non-hydrogen) atoms. The van der Waals surface area contributed by atoms with Crippen LogP contribution in [-0.2, 0) is 16.0 Å². The van der Waals surface area contributed by atoms with Crippen molar-refractivity contribution in [1.82, 2.24) is 0 Å². The first-order valence-electron chi connectivity index (χ1n) is 12.8. The minimum absolute atomic E-state index is 0.109. The van der Waals surface area contributed by atoms with Crippen LogP contribution in [0.2, 0.25) is 0 Å². The van der Waals surface area contributed by atoms with E-state index in [2.05, 4.69) is 30.1 Å². The van der Waals surface area contributed by atoms with Gasteiger partial charge in [0, 0.05) is 13.1 Å². The van der Waals surface area contributed by atoms with Crippen molar-refractivity contribution in [3.05, 3.63) is 83.4 Å². The van der Waals surface area contributed by atoms with Crippen LogP contribution in [0.1, 0.15) is 49.2 Å². The highest BCUT2D eigenvalue weighted by molar-refractivity contribution is 5.99. The second-order valence-electron chi connectivity index (χ2n) is 9.88. The number of aromatic carboxylic acids is 1. The number of carbonyl (C=O) groups excluding carboxylic acids is 1. The number of nitriles is 1. The number of hydrogen-bond acceptors (Lipinski definition) is 5. The zero-order valence-corrected chi connectivity index (χ0v) is 22.4. The molecule has 0 atom stereocenters. The number of anilines is 2. The van der Waals surface area contributed by atoms with Gasteiger partial charge in [-0.2, -0.15) is 5.26 Å². The number of benzene rings is 3. The molecule has 3 rings (SSSR count). The van der Waals surface area contributed by atoms with E-state index in [1.54, 1.807) is 48.5 Å². The Labute approximate surface area is 224 Å². The van der Waals surface area contributed by atoms with E-state index in [1.807, 2.05) is 32.0 Å². The topological polar surface area (TPSA) is 103 Å². The normalized spacial score (nSPS) is 10.9. The van der Waals surface area contributed by atoms with Crippen molar-refractivity contribution in [2.24, 2.45) is 5.92 Å². The second-order valence-corrected chi connectivity index (χ2v) is 9.88. The van der Waals surface area contributed by atoms with Crippen LogP contribution in [-0.4, -0.2) is 42.8 Å². The van der Waals surface area contributed by atoms with E-state index in [0.717, 1.165) is 17.8 Å². The molecule has 0 aliphatic carbocycles. The fourth-order valence-electron chi connectivity index (χ4n) is 4.23. The molecule has 0 aliphatic rings. The van der Waals surface area contributed by atoms with Crippen molar-refractivity contribution >= 4 is 23.3 Å². The lowest BCUT2D eigenvalue weighted by Gasteiger charge is -2.29. The maximum absolute atomic E-state index is 13.1. The third-order valence-electron chi connectivity index (χ3n) is 5.93. The average molecular weight is 514 g/mol. The first-order chi connectivity index (χ1) is 18.2. The van der Waals surface area contributed by atoms with Crippen molar-refractivity contribution in [2.75, 3.05) is 29.9 Å². The maximum Gasteiger partial charge on any atom is 0.336 e. The van der Waals surface area contributed by atoms with Gasteiger partial charge in [-0.3, -0.25) is 4.79 Å². The molecule has 0 unspecified atom stereocenters. The Bertz CT molecular complexity index is 1290. The quantitative estimate of drug-likeness (QED) is 0.308. The summed E-state index contributed by atoms with van der Waals surface area (Å²) in [5, 5.41) is 21.8. The summed E-state index contributed by atoms with van der Waals surface area (Å²) >= 11 is 0. The van der Waals surface area contributed by atoms with Gasteiger partial charge in [-0.1, -0.05) is 50.2 Å². The van der Waals surface area contributed by atoms with E-state index >= 15 is 0 Å². The van der Waals surface area contributed by atoms with Gasteiger partial charge in [0.25, 0.3) is 0 Å². The van der Waals surface area contributed by atoms with Crippen LogP contribution in [0.4, 0.5) is 11.4 Å². The number of amides is 1. The molecule has 0 saturated carbocycles. The molecule has 2 N–H and O–H groups in total. The zero-order valence-electron chi connectivity index (χ0n) is 22.4. The smallest absolute Gasteiger partial charge is 0.336 e. The Morgan fingerprint density at radius 1 is 1.03 bits per heavy atom. The summed E-state index contributed by atoms with van der Waals surface area (Å²) in [4.78, 5) is 27.2. The molecule has 0 radical (unpaired) electrons. The number of carboxylic acids is 1. The number of nitrogens with zero attached hydrogens (tertiary/aromatic N) is 2. The minimum atomic E-state index is -1.01. The Morgan fingerprint density at radius 3 is 2.37 bits per heavy atom. The van der Waals surface area contributed by atoms with Crippen molar-refractivity contribution in [1.29, 1.82) is 5.26 Å². The molecular weight excluding hydrogens is 478 g/mol. The van der Waals surface area contributed by atoms with Gasteiger partial charge in [-0.05, 0) is 66.8 Å². The van der Waals surface area contributed by atoms with E-state index in [9.17, 15) is 14.7 Å². The Balaban J connectivity index is 1.99. The van der Waals surface area contributed by atoms with Gasteiger partial charge in [0.05, 0.1) is 47.7 Å². The SMILES string of the molecule is CC(C)CN(CCOC(C)C)c1ccc(-c2ccccc2C(=O)O)cc1NC(=O)Cc1ccc(C#N)cc1. The summed E-state index contributed by atoms with van der Waals surface area (Å²) in [6, 6.07) is 21.5. The van der Waals surface area contributed by atoms with Gasteiger partial charge in [-0.25, -0.2) is 4.79 Å². The highest BCUT2D eigenvalue weighted by Gasteiger charge is 2.18. The summed E-state index contributed by atoms with van der Waals surface area (Å²) in [6.07, 6.45) is 0.249. The van der Waals surface area contributed by atoms with E-state index in [4.69, 9.17) is 10.00 Å². The van der Waals surface area contributed by atoms with Gasteiger partial charge < -0.3 is 20.1 Å².